The molecule has 0 radical (unpaired) electrons. The smallest absolute Gasteiger partial charge is 0.334 e. The van der Waals surface area contributed by atoms with Gasteiger partial charge in [-0.15, -0.1) is 0 Å². The van der Waals surface area contributed by atoms with Gasteiger partial charge in [-0.25, -0.2) is 4.79 Å². The van der Waals surface area contributed by atoms with Gasteiger partial charge in [0, 0.05) is 18.9 Å². The van der Waals surface area contributed by atoms with Gasteiger partial charge in [0.25, 0.3) is 0 Å². The van der Waals surface area contributed by atoms with Gasteiger partial charge in [-0.05, 0) is 36.5 Å². The van der Waals surface area contributed by atoms with Crippen molar-refractivity contribution in [3.8, 4) is 0 Å². The lowest BCUT2D eigenvalue weighted by atomic mass is 9.85. The van der Waals surface area contributed by atoms with Crippen LogP contribution in [0.2, 0.25) is 0 Å². The van der Waals surface area contributed by atoms with Crippen molar-refractivity contribution in [3.63, 3.8) is 0 Å². The molecule has 0 aromatic rings. The van der Waals surface area contributed by atoms with Crippen LogP contribution < -0.4 is 0 Å². The standard InChI is InChI=1S/C22H28O7/c1-5-13(2)21(25)28-18-9-16(11-23)7-6-8-17(12-27-15(4)24)10-19-20(18)14(3)22(26)29-19/h7,10-11,13,18-20H,3,5-6,8-9,12H2,1-2,4H3/b16-7?,17-10-/t13-,18+,19-,20-/m1/s1. The minimum absolute atomic E-state index is 0.0597. The first-order valence-electron chi connectivity index (χ1n) is 9.84. The predicted molar refractivity (Wildman–Crippen MR) is 105 cm³/mol. The number of carbonyl (C=O) groups is 4. The van der Waals surface area contributed by atoms with Crippen molar-refractivity contribution in [1.29, 1.82) is 0 Å². The molecule has 1 heterocycles. The molecule has 7 heteroatoms. The average Bonchev–Trinajstić information content (AvgIpc) is 2.96. The molecular formula is C22H28O7. The lowest BCUT2D eigenvalue weighted by Gasteiger charge is -2.28. The molecule has 158 valence electrons. The Bertz CT molecular complexity index is 746. The lowest BCUT2D eigenvalue weighted by Crippen LogP contribution is -2.35. The largest absolute Gasteiger partial charge is 0.461 e. The van der Waals surface area contributed by atoms with Crippen LogP contribution in [-0.4, -0.2) is 43.0 Å². The van der Waals surface area contributed by atoms with Crippen LogP contribution >= 0.6 is 0 Å². The zero-order valence-electron chi connectivity index (χ0n) is 17.1. The van der Waals surface area contributed by atoms with Gasteiger partial charge in [0.2, 0.25) is 0 Å². The lowest BCUT2D eigenvalue weighted by molar-refractivity contribution is -0.156. The van der Waals surface area contributed by atoms with Gasteiger partial charge < -0.3 is 14.2 Å². The molecule has 29 heavy (non-hydrogen) atoms. The van der Waals surface area contributed by atoms with Gasteiger partial charge in [-0.3, -0.25) is 14.4 Å². The maximum atomic E-state index is 12.4. The number of hydrogen-bond donors (Lipinski definition) is 0. The number of ether oxygens (including phenoxy) is 3. The van der Waals surface area contributed by atoms with E-state index in [1.165, 1.54) is 6.92 Å². The molecule has 1 fully saturated rings. The summed E-state index contributed by atoms with van der Waals surface area (Å²) in [5.41, 5.74) is 1.44. The van der Waals surface area contributed by atoms with E-state index in [0.29, 0.717) is 24.8 Å². The van der Waals surface area contributed by atoms with E-state index in [1.807, 2.05) is 6.92 Å². The SMILES string of the molecule is C=C1C(=O)O[C@@H]2/C=C(\COC(C)=O)CCC=C(C=O)C[C@H](OC(=O)[C@H](C)CC)[C@@H]12. The monoisotopic (exact) mass is 404 g/mol. The van der Waals surface area contributed by atoms with Crippen LogP contribution in [-0.2, 0) is 33.4 Å². The second-order valence-electron chi connectivity index (χ2n) is 7.45. The fourth-order valence-corrected chi connectivity index (χ4v) is 3.34. The van der Waals surface area contributed by atoms with Crippen molar-refractivity contribution in [1.82, 2.24) is 0 Å². The molecule has 1 aliphatic carbocycles. The van der Waals surface area contributed by atoms with Crippen LogP contribution in [0, 0.1) is 11.8 Å². The van der Waals surface area contributed by atoms with E-state index < -0.39 is 36.0 Å². The number of hydrogen-bond acceptors (Lipinski definition) is 7. The van der Waals surface area contributed by atoms with E-state index in [0.717, 1.165) is 11.9 Å². The van der Waals surface area contributed by atoms with E-state index in [-0.39, 0.29) is 24.5 Å². The summed E-state index contributed by atoms with van der Waals surface area (Å²) in [7, 11) is 0. The Morgan fingerprint density at radius 3 is 2.76 bits per heavy atom. The molecule has 0 amide bonds. The topological polar surface area (TPSA) is 96.0 Å². The van der Waals surface area contributed by atoms with Gasteiger partial charge in [0.05, 0.1) is 11.8 Å². The zero-order chi connectivity index (χ0) is 21.6. The Kier molecular flexibility index (Phi) is 7.93. The fourth-order valence-electron chi connectivity index (χ4n) is 3.34. The van der Waals surface area contributed by atoms with Crippen LogP contribution in [0.1, 0.15) is 46.5 Å². The molecule has 0 spiro atoms. The predicted octanol–water partition coefficient (Wildman–Crippen LogP) is 2.84. The van der Waals surface area contributed by atoms with E-state index in [9.17, 15) is 19.2 Å². The Morgan fingerprint density at radius 1 is 1.41 bits per heavy atom. The first kappa shape index (κ1) is 22.6. The minimum Gasteiger partial charge on any atom is -0.461 e. The number of allylic oxidation sites excluding steroid dienone is 1. The Morgan fingerprint density at radius 2 is 2.14 bits per heavy atom. The maximum absolute atomic E-state index is 12.4. The van der Waals surface area contributed by atoms with Crippen LogP contribution in [0.25, 0.3) is 0 Å². The highest BCUT2D eigenvalue weighted by Crippen LogP contribution is 2.36. The highest BCUT2D eigenvalue weighted by molar-refractivity contribution is 5.91. The van der Waals surface area contributed by atoms with Crippen molar-refractivity contribution in [2.45, 2.75) is 58.7 Å². The van der Waals surface area contributed by atoms with Crippen molar-refractivity contribution >= 4 is 24.2 Å². The summed E-state index contributed by atoms with van der Waals surface area (Å²) in [6, 6.07) is 0. The maximum Gasteiger partial charge on any atom is 0.334 e. The summed E-state index contributed by atoms with van der Waals surface area (Å²) in [6.07, 6.45) is 4.65. The van der Waals surface area contributed by atoms with Crippen LogP contribution in [0.4, 0.5) is 0 Å². The molecular weight excluding hydrogens is 376 g/mol. The summed E-state index contributed by atoms with van der Waals surface area (Å²) >= 11 is 0. The first-order chi connectivity index (χ1) is 13.8. The molecule has 4 atom stereocenters. The van der Waals surface area contributed by atoms with Gasteiger partial charge in [-0.2, -0.15) is 0 Å². The highest BCUT2D eigenvalue weighted by atomic mass is 16.6. The number of fused-ring (bicyclic) bond motifs is 1. The van der Waals surface area contributed by atoms with Crippen LogP contribution in [0.15, 0.2) is 35.5 Å². The first-order valence-corrected chi connectivity index (χ1v) is 9.84. The number of esters is 3. The van der Waals surface area contributed by atoms with Crippen molar-refractivity contribution < 1.29 is 33.4 Å². The molecule has 7 nitrogen and oxygen atoms in total. The number of carbonyl (C=O) groups excluding carboxylic acids is 4. The van der Waals surface area contributed by atoms with Crippen LogP contribution in [0.3, 0.4) is 0 Å². The minimum atomic E-state index is -0.763. The van der Waals surface area contributed by atoms with Crippen molar-refractivity contribution in [3.05, 3.63) is 35.5 Å². The normalized spacial score (nSPS) is 27.5. The molecule has 2 rings (SSSR count). The van der Waals surface area contributed by atoms with Crippen molar-refractivity contribution in [2.75, 3.05) is 6.61 Å². The molecule has 0 saturated carbocycles. The van der Waals surface area contributed by atoms with Gasteiger partial charge in [-0.1, -0.05) is 26.5 Å². The summed E-state index contributed by atoms with van der Waals surface area (Å²) in [6.45, 7) is 8.85. The summed E-state index contributed by atoms with van der Waals surface area (Å²) < 4.78 is 16.3. The molecule has 0 aromatic heterocycles. The third-order valence-corrected chi connectivity index (χ3v) is 5.27. The zero-order valence-corrected chi connectivity index (χ0v) is 17.1. The molecule has 0 aromatic carbocycles. The summed E-state index contributed by atoms with van der Waals surface area (Å²) in [5.74, 6) is -2.31. The molecule has 0 unspecified atom stereocenters. The Labute approximate surface area is 170 Å². The Hall–Kier alpha value is -2.70. The molecule has 1 saturated heterocycles. The van der Waals surface area contributed by atoms with E-state index >= 15 is 0 Å². The number of rotatable bonds is 6. The molecule has 0 bridgehead atoms. The van der Waals surface area contributed by atoms with Gasteiger partial charge in [0.1, 0.15) is 25.1 Å². The second-order valence-corrected chi connectivity index (χ2v) is 7.45. The van der Waals surface area contributed by atoms with Crippen molar-refractivity contribution in [2.24, 2.45) is 11.8 Å². The van der Waals surface area contributed by atoms with Crippen LogP contribution in [0.5, 0.6) is 0 Å². The summed E-state index contributed by atoms with van der Waals surface area (Å²) in [5, 5.41) is 0. The highest BCUT2D eigenvalue weighted by Gasteiger charge is 2.45. The summed E-state index contributed by atoms with van der Waals surface area (Å²) in [4.78, 5) is 47.4. The van der Waals surface area contributed by atoms with E-state index in [4.69, 9.17) is 14.2 Å². The average molecular weight is 404 g/mol. The molecule has 2 aliphatic rings. The molecule has 1 aliphatic heterocycles. The Balaban J connectivity index is 2.41. The fraction of sp³-hybridized carbons (Fsp3) is 0.545. The van der Waals surface area contributed by atoms with Gasteiger partial charge >= 0.3 is 17.9 Å². The second kappa shape index (κ2) is 10.2. The quantitative estimate of drug-likeness (QED) is 0.221. The number of aldehydes is 1. The third kappa shape index (κ3) is 5.89. The van der Waals surface area contributed by atoms with E-state index in [2.05, 4.69) is 6.58 Å². The molecule has 0 N–H and O–H groups in total. The van der Waals surface area contributed by atoms with E-state index in [1.54, 1.807) is 19.1 Å². The third-order valence-electron chi connectivity index (χ3n) is 5.27. The van der Waals surface area contributed by atoms with Gasteiger partial charge in [0.15, 0.2) is 0 Å².